The van der Waals surface area contributed by atoms with Gasteiger partial charge in [0.05, 0.1) is 0 Å². The first-order valence-corrected chi connectivity index (χ1v) is 8.05. The van der Waals surface area contributed by atoms with E-state index in [1.807, 2.05) is 13.0 Å². The smallest absolute Gasteiger partial charge is 0.118 e. The predicted octanol–water partition coefficient (Wildman–Crippen LogP) is 5.22. The maximum Gasteiger partial charge on any atom is 0.118 e. The fourth-order valence-corrected chi connectivity index (χ4v) is 2.61. The Morgan fingerprint density at radius 3 is 1.95 bits per heavy atom. The van der Waals surface area contributed by atoms with Crippen LogP contribution in [0.25, 0.3) is 0 Å². The molecule has 0 saturated heterocycles. The maximum absolute atomic E-state index is 9.55. The van der Waals surface area contributed by atoms with Crippen LogP contribution in [0.4, 0.5) is 0 Å². The summed E-state index contributed by atoms with van der Waals surface area (Å²) >= 11 is 0. The topological polar surface area (TPSA) is 20.2 Å². The fraction of sp³-hybridized carbons (Fsp3) is 0.400. The van der Waals surface area contributed by atoms with Gasteiger partial charge in [0, 0.05) is 0 Å². The quantitative estimate of drug-likeness (QED) is 0.690. The molecule has 0 bridgehead atoms. The molecule has 2 aromatic carbocycles. The number of aromatic hydroxyl groups is 1. The van der Waals surface area contributed by atoms with Crippen molar-refractivity contribution in [1.29, 1.82) is 0 Å². The number of phenols is 1. The molecule has 0 aliphatic heterocycles. The number of hydrogen-bond donors (Lipinski definition) is 1. The molecular formula is C20H26O. The SMILES string of the molecule is CCCCCc1ccc(CCc2ccc(O)c(C)c2)cc1. The average Bonchev–Trinajstić information content (AvgIpc) is 2.50. The second kappa shape index (κ2) is 7.87. The Labute approximate surface area is 128 Å². The zero-order valence-corrected chi connectivity index (χ0v) is 13.2. The highest BCUT2D eigenvalue weighted by molar-refractivity contribution is 5.35. The van der Waals surface area contributed by atoms with Crippen molar-refractivity contribution in [2.45, 2.75) is 52.4 Å². The summed E-state index contributed by atoms with van der Waals surface area (Å²) in [6.45, 7) is 4.19. The summed E-state index contributed by atoms with van der Waals surface area (Å²) in [7, 11) is 0. The van der Waals surface area contributed by atoms with Gasteiger partial charge >= 0.3 is 0 Å². The molecule has 0 aliphatic rings. The van der Waals surface area contributed by atoms with Crippen molar-refractivity contribution in [2.75, 3.05) is 0 Å². The van der Waals surface area contributed by atoms with Crippen LogP contribution < -0.4 is 0 Å². The normalized spacial score (nSPS) is 10.8. The Balaban J connectivity index is 1.86. The van der Waals surface area contributed by atoms with Gasteiger partial charge in [-0.15, -0.1) is 0 Å². The van der Waals surface area contributed by atoms with Gasteiger partial charge in [0.1, 0.15) is 5.75 Å². The van der Waals surface area contributed by atoms with E-state index in [0.29, 0.717) is 5.75 Å². The molecule has 0 heterocycles. The van der Waals surface area contributed by atoms with Crippen LogP contribution in [0, 0.1) is 6.92 Å². The van der Waals surface area contributed by atoms with Crippen LogP contribution in [0.1, 0.15) is 48.4 Å². The predicted molar refractivity (Wildman–Crippen MR) is 89.9 cm³/mol. The molecule has 0 saturated carbocycles. The first-order valence-electron chi connectivity index (χ1n) is 8.05. The zero-order valence-electron chi connectivity index (χ0n) is 13.2. The number of hydrogen-bond acceptors (Lipinski definition) is 1. The zero-order chi connectivity index (χ0) is 15.1. The first-order chi connectivity index (χ1) is 10.2. The molecule has 0 aliphatic carbocycles. The van der Waals surface area contributed by atoms with Crippen LogP contribution in [-0.2, 0) is 19.3 Å². The Kier molecular flexibility index (Phi) is 5.86. The van der Waals surface area contributed by atoms with Gasteiger partial charge in [-0.2, -0.15) is 0 Å². The van der Waals surface area contributed by atoms with E-state index in [1.165, 1.54) is 42.4 Å². The fourth-order valence-electron chi connectivity index (χ4n) is 2.61. The van der Waals surface area contributed by atoms with Crippen molar-refractivity contribution in [1.82, 2.24) is 0 Å². The molecule has 112 valence electrons. The van der Waals surface area contributed by atoms with Gasteiger partial charge in [0.25, 0.3) is 0 Å². The molecule has 1 heteroatoms. The highest BCUT2D eigenvalue weighted by atomic mass is 16.3. The molecule has 2 rings (SSSR count). The summed E-state index contributed by atoms with van der Waals surface area (Å²) in [4.78, 5) is 0. The van der Waals surface area contributed by atoms with Crippen LogP contribution in [0.2, 0.25) is 0 Å². The second-order valence-electron chi connectivity index (χ2n) is 5.89. The number of rotatable bonds is 7. The minimum Gasteiger partial charge on any atom is -0.508 e. The van der Waals surface area contributed by atoms with Crippen molar-refractivity contribution < 1.29 is 5.11 Å². The minimum atomic E-state index is 0.384. The van der Waals surface area contributed by atoms with E-state index in [9.17, 15) is 5.11 Å². The third-order valence-electron chi connectivity index (χ3n) is 4.06. The Morgan fingerprint density at radius 1 is 0.762 bits per heavy atom. The molecule has 0 unspecified atom stereocenters. The van der Waals surface area contributed by atoms with E-state index in [1.54, 1.807) is 6.07 Å². The molecule has 2 aromatic rings. The second-order valence-corrected chi connectivity index (χ2v) is 5.89. The molecule has 1 nitrogen and oxygen atoms in total. The van der Waals surface area contributed by atoms with E-state index in [4.69, 9.17) is 0 Å². The van der Waals surface area contributed by atoms with Gasteiger partial charge in [-0.3, -0.25) is 0 Å². The van der Waals surface area contributed by atoms with Gasteiger partial charge < -0.3 is 5.11 Å². The Morgan fingerprint density at radius 2 is 1.33 bits per heavy atom. The lowest BCUT2D eigenvalue weighted by Gasteiger charge is -2.06. The Hall–Kier alpha value is -1.76. The summed E-state index contributed by atoms with van der Waals surface area (Å²) in [5, 5.41) is 9.55. The standard InChI is InChI=1S/C20H26O/c1-3-4-5-6-17-7-9-18(10-8-17)11-12-19-13-14-20(21)16(2)15-19/h7-10,13-15,21H,3-6,11-12H2,1-2H3. The van der Waals surface area contributed by atoms with Gasteiger partial charge in [0.2, 0.25) is 0 Å². The van der Waals surface area contributed by atoms with Crippen molar-refractivity contribution in [3.05, 3.63) is 64.7 Å². The molecular weight excluding hydrogens is 256 g/mol. The average molecular weight is 282 g/mol. The highest BCUT2D eigenvalue weighted by Crippen LogP contribution is 2.18. The summed E-state index contributed by atoms with van der Waals surface area (Å²) in [5.41, 5.74) is 5.09. The number of aryl methyl sites for hydroxylation is 4. The first kappa shape index (κ1) is 15.6. The highest BCUT2D eigenvalue weighted by Gasteiger charge is 2.00. The molecule has 0 amide bonds. The van der Waals surface area contributed by atoms with Crippen molar-refractivity contribution in [3.8, 4) is 5.75 Å². The van der Waals surface area contributed by atoms with Crippen LogP contribution in [0.15, 0.2) is 42.5 Å². The maximum atomic E-state index is 9.55. The van der Waals surface area contributed by atoms with E-state index in [-0.39, 0.29) is 0 Å². The van der Waals surface area contributed by atoms with Gasteiger partial charge in [0.15, 0.2) is 0 Å². The molecule has 0 fully saturated rings. The Bertz CT molecular complexity index is 555. The lowest BCUT2D eigenvalue weighted by molar-refractivity contribution is 0.471. The summed E-state index contributed by atoms with van der Waals surface area (Å²) < 4.78 is 0. The molecule has 0 aromatic heterocycles. The summed E-state index contributed by atoms with van der Waals surface area (Å²) in [5.74, 6) is 0.384. The molecule has 0 spiro atoms. The lowest BCUT2D eigenvalue weighted by atomic mass is 10.0. The van der Waals surface area contributed by atoms with Gasteiger partial charge in [-0.25, -0.2) is 0 Å². The number of benzene rings is 2. The van der Waals surface area contributed by atoms with E-state index >= 15 is 0 Å². The van der Waals surface area contributed by atoms with E-state index < -0.39 is 0 Å². The van der Waals surface area contributed by atoms with Crippen LogP contribution >= 0.6 is 0 Å². The van der Waals surface area contributed by atoms with Crippen molar-refractivity contribution >= 4 is 0 Å². The molecule has 1 N–H and O–H groups in total. The summed E-state index contributed by atoms with van der Waals surface area (Å²) in [6.07, 6.45) is 7.18. The summed E-state index contributed by atoms with van der Waals surface area (Å²) in [6, 6.07) is 14.9. The van der Waals surface area contributed by atoms with Crippen molar-refractivity contribution in [3.63, 3.8) is 0 Å². The van der Waals surface area contributed by atoms with E-state index in [2.05, 4.69) is 37.3 Å². The van der Waals surface area contributed by atoms with E-state index in [0.717, 1.165) is 18.4 Å². The van der Waals surface area contributed by atoms with Crippen LogP contribution in [-0.4, -0.2) is 5.11 Å². The van der Waals surface area contributed by atoms with Gasteiger partial charge in [-0.05, 0) is 60.9 Å². The third kappa shape index (κ3) is 4.93. The van der Waals surface area contributed by atoms with Crippen LogP contribution in [0.3, 0.4) is 0 Å². The number of unbranched alkanes of at least 4 members (excludes halogenated alkanes) is 2. The third-order valence-corrected chi connectivity index (χ3v) is 4.06. The number of phenolic OH excluding ortho intramolecular Hbond substituents is 1. The monoisotopic (exact) mass is 282 g/mol. The van der Waals surface area contributed by atoms with Crippen molar-refractivity contribution in [2.24, 2.45) is 0 Å². The molecule has 0 atom stereocenters. The molecule has 0 radical (unpaired) electrons. The molecule has 21 heavy (non-hydrogen) atoms. The lowest BCUT2D eigenvalue weighted by Crippen LogP contribution is -1.93. The minimum absolute atomic E-state index is 0.384. The van der Waals surface area contributed by atoms with Gasteiger partial charge in [-0.1, -0.05) is 56.2 Å². The van der Waals surface area contributed by atoms with Crippen LogP contribution in [0.5, 0.6) is 5.75 Å². The largest absolute Gasteiger partial charge is 0.508 e.